The van der Waals surface area contributed by atoms with E-state index in [0.29, 0.717) is 13.2 Å². The van der Waals surface area contributed by atoms with Crippen molar-refractivity contribution in [1.29, 1.82) is 0 Å². The third-order valence-corrected chi connectivity index (χ3v) is 2.36. The van der Waals surface area contributed by atoms with E-state index < -0.39 is 11.8 Å². The molecule has 1 N–H and O–H groups in total. The molecule has 0 aliphatic carbocycles. The minimum Gasteiger partial charge on any atom is -0.477 e. The van der Waals surface area contributed by atoms with Gasteiger partial charge in [-0.25, -0.2) is 4.79 Å². The Hall–Kier alpha value is -1.39. The highest BCUT2D eigenvalue weighted by atomic mass is 16.8. The number of carboxylic acids is 1. The van der Waals surface area contributed by atoms with E-state index in [0.717, 1.165) is 5.56 Å². The molecule has 0 bridgehead atoms. The van der Waals surface area contributed by atoms with Crippen LogP contribution in [-0.2, 0) is 20.7 Å². The topological polar surface area (TPSA) is 55.8 Å². The van der Waals surface area contributed by atoms with E-state index >= 15 is 0 Å². The quantitative estimate of drug-likeness (QED) is 0.806. The first-order valence-corrected chi connectivity index (χ1v) is 4.78. The van der Waals surface area contributed by atoms with E-state index in [1.54, 1.807) is 0 Å². The zero-order valence-electron chi connectivity index (χ0n) is 8.18. The summed E-state index contributed by atoms with van der Waals surface area (Å²) in [5.41, 5.74) is 0.891. The van der Waals surface area contributed by atoms with Gasteiger partial charge in [-0.1, -0.05) is 30.3 Å². The standard InChI is InChI=1S/C11H12O4/c12-10(13)11(14-6-7-15-11)8-9-4-2-1-3-5-9/h1-5H,6-8H2,(H,12,13). The van der Waals surface area contributed by atoms with Gasteiger partial charge in [0.1, 0.15) is 0 Å². The smallest absolute Gasteiger partial charge is 0.364 e. The normalized spacial score (nSPS) is 18.9. The fraction of sp³-hybridized carbons (Fsp3) is 0.364. The zero-order chi connectivity index (χ0) is 10.7. The van der Waals surface area contributed by atoms with Gasteiger partial charge in [-0.3, -0.25) is 0 Å². The highest BCUT2D eigenvalue weighted by Gasteiger charge is 2.44. The van der Waals surface area contributed by atoms with Gasteiger partial charge in [-0.15, -0.1) is 0 Å². The molecule has 0 amide bonds. The predicted molar refractivity (Wildman–Crippen MR) is 52.4 cm³/mol. The van der Waals surface area contributed by atoms with Crippen LogP contribution in [0.5, 0.6) is 0 Å². The first kappa shape index (κ1) is 10.1. The Balaban J connectivity index is 2.18. The third-order valence-electron chi connectivity index (χ3n) is 2.36. The molecule has 1 fully saturated rings. The average Bonchev–Trinajstić information content (AvgIpc) is 2.69. The lowest BCUT2D eigenvalue weighted by Gasteiger charge is -2.22. The molecule has 1 aromatic rings. The van der Waals surface area contributed by atoms with E-state index in [4.69, 9.17) is 14.6 Å². The van der Waals surface area contributed by atoms with E-state index in [1.807, 2.05) is 30.3 Å². The van der Waals surface area contributed by atoms with Crippen molar-refractivity contribution in [2.45, 2.75) is 12.2 Å². The molecule has 1 aliphatic heterocycles. The van der Waals surface area contributed by atoms with Gasteiger partial charge in [-0.2, -0.15) is 0 Å². The molecular weight excluding hydrogens is 196 g/mol. The van der Waals surface area contributed by atoms with Gasteiger partial charge in [0, 0.05) is 6.42 Å². The van der Waals surface area contributed by atoms with Crippen molar-refractivity contribution in [3.63, 3.8) is 0 Å². The third kappa shape index (κ3) is 2.00. The second kappa shape index (κ2) is 4.00. The highest BCUT2D eigenvalue weighted by Crippen LogP contribution is 2.24. The SMILES string of the molecule is O=C(O)C1(Cc2ccccc2)OCCO1. The Morgan fingerprint density at radius 1 is 1.27 bits per heavy atom. The predicted octanol–water partition coefficient (Wildman–Crippen LogP) is 1.06. The maximum Gasteiger partial charge on any atom is 0.364 e. The summed E-state index contributed by atoms with van der Waals surface area (Å²) in [6.07, 6.45) is 0.239. The molecule has 0 aromatic heterocycles. The number of benzene rings is 1. The van der Waals surface area contributed by atoms with Crippen molar-refractivity contribution >= 4 is 5.97 Å². The van der Waals surface area contributed by atoms with Gasteiger partial charge in [0.15, 0.2) is 0 Å². The minimum absolute atomic E-state index is 0.239. The van der Waals surface area contributed by atoms with Crippen molar-refractivity contribution in [3.8, 4) is 0 Å². The molecule has 4 heteroatoms. The van der Waals surface area contributed by atoms with Crippen LogP contribution in [-0.4, -0.2) is 30.1 Å². The molecule has 0 spiro atoms. The van der Waals surface area contributed by atoms with Crippen LogP contribution in [0.4, 0.5) is 0 Å². The zero-order valence-corrected chi connectivity index (χ0v) is 8.18. The molecule has 15 heavy (non-hydrogen) atoms. The Morgan fingerprint density at radius 2 is 1.87 bits per heavy atom. The molecule has 0 radical (unpaired) electrons. The molecule has 1 heterocycles. The second-order valence-electron chi connectivity index (χ2n) is 3.42. The molecule has 0 unspecified atom stereocenters. The van der Waals surface area contributed by atoms with Crippen molar-refractivity contribution in [2.24, 2.45) is 0 Å². The van der Waals surface area contributed by atoms with Gasteiger partial charge in [0.05, 0.1) is 13.2 Å². The number of carbonyl (C=O) groups is 1. The van der Waals surface area contributed by atoms with Crippen molar-refractivity contribution in [2.75, 3.05) is 13.2 Å². The van der Waals surface area contributed by atoms with Crippen LogP contribution < -0.4 is 0 Å². The summed E-state index contributed by atoms with van der Waals surface area (Å²) in [5.74, 6) is -2.55. The van der Waals surface area contributed by atoms with Gasteiger partial charge in [0.2, 0.25) is 0 Å². The number of aliphatic carboxylic acids is 1. The minimum atomic E-state index is -1.48. The van der Waals surface area contributed by atoms with Crippen molar-refractivity contribution in [1.82, 2.24) is 0 Å². The Kier molecular flexibility index (Phi) is 2.70. The summed E-state index contributed by atoms with van der Waals surface area (Å²) >= 11 is 0. The van der Waals surface area contributed by atoms with Crippen molar-refractivity contribution < 1.29 is 19.4 Å². The monoisotopic (exact) mass is 208 g/mol. The van der Waals surface area contributed by atoms with E-state index in [-0.39, 0.29) is 6.42 Å². The number of hydrogen-bond donors (Lipinski definition) is 1. The highest BCUT2D eigenvalue weighted by molar-refractivity contribution is 5.76. The first-order chi connectivity index (χ1) is 7.23. The molecule has 1 aromatic carbocycles. The van der Waals surface area contributed by atoms with Gasteiger partial charge < -0.3 is 14.6 Å². The maximum atomic E-state index is 11.1. The van der Waals surface area contributed by atoms with Gasteiger partial charge in [-0.05, 0) is 5.56 Å². The summed E-state index contributed by atoms with van der Waals surface area (Å²) < 4.78 is 10.4. The van der Waals surface area contributed by atoms with Gasteiger partial charge in [0.25, 0.3) is 5.79 Å². The lowest BCUT2D eigenvalue weighted by atomic mass is 10.1. The van der Waals surface area contributed by atoms with Gasteiger partial charge >= 0.3 is 5.97 Å². The van der Waals surface area contributed by atoms with Crippen LogP contribution >= 0.6 is 0 Å². The Morgan fingerprint density at radius 3 is 2.40 bits per heavy atom. The lowest BCUT2D eigenvalue weighted by molar-refractivity contribution is -0.200. The fourth-order valence-corrected chi connectivity index (χ4v) is 1.62. The lowest BCUT2D eigenvalue weighted by Crippen LogP contribution is -2.42. The number of carboxylic acid groups (broad SMARTS) is 1. The number of rotatable bonds is 3. The van der Waals surface area contributed by atoms with Crippen LogP contribution in [0, 0.1) is 0 Å². The summed E-state index contributed by atoms with van der Waals surface area (Å²) in [7, 11) is 0. The summed E-state index contributed by atoms with van der Waals surface area (Å²) in [6, 6.07) is 9.32. The Bertz CT molecular complexity index is 341. The number of ether oxygens (including phenoxy) is 2. The van der Waals surface area contributed by atoms with E-state index in [1.165, 1.54) is 0 Å². The summed E-state index contributed by atoms with van der Waals surface area (Å²) in [4.78, 5) is 11.1. The van der Waals surface area contributed by atoms with E-state index in [2.05, 4.69) is 0 Å². The largest absolute Gasteiger partial charge is 0.477 e. The summed E-state index contributed by atoms with van der Waals surface area (Å²) in [5, 5.41) is 9.08. The fourth-order valence-electron chi connectivity index (χ4n) is 1.62. The molecule has 1 saturated heterocycles. The molecule has 1 aliphatic rings. The van der Waals surface area contributed by atoms with Crippen LogP contribution in [0.15, 0.2) is 30.3 Å². The summed E-state index contributed by atoms with van der Waals surface area (Å²) in [6.45, 7) is 0.665. The molecule has 0 saturated carbocycles. The molecular formula is C11H12O4. The van der Waals surface area contributed by atoms with Crippen LogP contribution in [0.2, 0.25) is 0 Å². The first-order valence-electron chi connectivity index (χ1n) is 4.78. The van der Waals surface area contributed by atoms with Crippen LogP contribution in [0.1, 0.15) is 5.56 Å². The van der Waals surface area contributed by atoms with Crippen molar-refractivity contribution in [3.05, 3.63) is 35.9 Å². The average molecular weight is 208 g/mol. The molecule has 80 valence electrons. The number of hydrogen-bond acceptors (Lipinski definition) is 3. The molecule has 4 nitrogen and oxygen atoms in total. The molecule has 0 atom stereocenters. The Labute approximate surface area is 87.4 Å². The van der Waals surface area contributed by atoms with Crippen LogP contribution in [0.3, 0.4) is 0 Å². The maximum absolute atomic E-state index is 11.1. The molecule has 2 rings (SSSR count). The van der Waals surface area contributed by atoms with Crippen LogP contribution in [0.25, 0.3) is 0 Å². The second-order valence-corrected chi connectivity index (χ2v) is 3.42. The van der Waals surface area contributed by atoms with E-state index in [9.17, 15) is 4.79 Å².